The average molecular weight is 266 g/mol. The fourth-order valence-electron chi connectivity index (χ4n) is 1.36. The van der Waals surface area contributed by atoms with Gasteiger partial charge in [-0.25, -0.2) is 9.78 Å². The van der Waals surface area contributed by atoms with E-state index in [0.29, 0.717) is 11.0 Å². The van der Waals surface area contributed by atoms with Gasteiger partial charge in [-0.15, -0.1) is 0 Å². The Morgan fingerprint density at radius 3 is 2.94 bits per heavy atom. The molecule has 0 saturated carbocycles. The Labute approximate surface area is 108 Å². The summed E-state index contributed by atoms with van der Waals surface area (Å²) in [6.45, 7) is 0. The molecule has 2 heterocycles. The second-order valence-electron chi connectivity index (χ2n) is 3.35. The van der Waals surface area contributed by atoms with E-state index in [2.05, 4.69) is 14.7 Å². The Bertz CT molecular complexity index is 603. The number of hydrogen-bond acceptors (Lipinski definition) is 5. The van der Waals surface area contributed by atoms with Gasteiger partial charge in [0.25, 0.3) is 0 Å². The number of carbonyl (C=O) groups excluding carboxylic acids is 1. The van der Waals surface area contributed by atoms with Crippen LogP contribution in [-0.4, -0.2) is 23.0 Å². The van der Waals surface area contributed by atoms with Crippen molar-refractivity contribution < 1.29 is 14.1 Å². The van der Waals surface area contributed by atoms with Crippen LogP contribution < -0.4 is 10.3 Å². The second-order valence-corrected chi connectivity index (χ2v) is 3.73. The first-order valence-corrected chi connectivity index (χ1v) is 5.38. The summed E-state index contributed by atoms with van der Waals surface area (Å²) < 4.78 is 6.14. The highest BCUT2D eigenvalue weighted by molar-refractivity contribution is 6.28. The Morgan fingerprint density at radius 2 is 2.28 bits per heavy atom. The molecule has 0 bridgehead atoms. The van der Waals surface area contributed by atoms with Crippen molar-refractivity contribution in [2.75, 3.05) is 12.8 Å². The van der Waals surface area contributed by atoms with Crippen LogP contribution in [0.5, 0.6) is 0 Å². The topological polar surface area (TPSA) is 82.0 Å². The van der Waals surface area contributed by atoms with Crippen LogP contribution in [0, 0.1) is 0 Å². The third-order valence-corrected chi connectivity index (χ3v) is 2.53. The molecule has 0 aliphatic rings. The number of carbonyl (C=O) groups is 1. The standard InChI is InChI=1S/C11H9ClN4O2/c1-18-11(17)9-10(13)14-6-8(15-9)16-5-3-2-4-7(16)12/h2-6H,1H3,(H-,13,14,17)/p+1. The van der Waals surface area contributed by atoms with Gasteiger partial charge in [0.05, 0.1) is 13.3 Å². The summed E-state index contributed by atoms with van der Waals surface area (Å²) >= 11 is 6.01. The smallest absolute Gasteiger partial charge is 0.386 e. The van der Waals surface area contributed by atoms with Gasteiger partial charge in [0, 0.05) is 0 Å². The number of nitrogen functional groups attached to an aromatic ring is 1. The van der Waals surface area contributed by atoms with Gasteiger partial charge in [-0.05, 0) is 28.7 Å². The lowest BCUT2D eigenvalue weighted by Crippen LogP contribution is -2.33. The number of pyridine rings is 1. The van der Waals surface area contributed by atoms with Crippen LogP contribution in [0.25, 0.3) is 5.82 Å². The summed E-state index contributed by atoms with van der Waals surface area (Å²) in [7, 11) is 1.25. The van der Waals surface area contributed by atoms with Crippen LogP contribution >= 0.6 is 11.6 Å². The number of aromatic nitrogens is 3. The van der Waals surface area contributed by atoms with Gasteiger partial charge in [0.1, 0.15) is 6.20 Å². The number of rotatable bonds is 2. The van der Waals surface area contributed by atoms with Crippen molar-refractivity contribution in [1.29, 1.82) is 0 Å². The highest BCUT2D eigenvalue weighted by atomic mass is 35.5. The van der Waals surface area contributed by atoms with Crippen molar-refractivity contribution in [1.82, 2.24) is 9.97 Å². The van der Waals surface area contributed by atoms with E-state index >= 15 is 0 Å². The van der Waals surface area contributed by atoms with Crippen molar-refractivity contribution >= 4 is 23.4 Å². The largest absolute Gasteiger partial charge is 0.463 e. The van der Waals surface area contributed by atoms with Crippen molar-refractivity contribution in [3.63, 3.8) is 0 Å². The highest BCUT2D eigenvalue weighted by Gasteiger charge is 2.23. The Kier molecular flexibility index (Phi) is 3.38. The first-order chi connectivity index (χ1) is 8.63. The molecule has 7 heteroatoms. The predicted molar refractivity (Wildman–Crippen MR) is 64.3 cm³/mol. The lowest BCUT2D eigenvalue weighted by Gasteiger charge is -2.00. The van der Waals surface area contributed by atoms with Crippen LogP contribution in [0.3, 0.4) is 0 Å². The van der Waals surface area contributed by atoms with Crippen LogP contribution in [0.4, 0.5) is 5.82 Å². The van der Waals surface area contributed by atoms with E-state index in [0.717, 1.165) is 0 Å². The summed E-state index contributed by atoms with van der Waals surface area (Å²) in [6.07, 6.45) is 3.12. The van der Waals surface area contributed by atoms with Crippen molar-refractivity contribution in [2.24, 2.45) is 0 Å². The first-order valence-electron chi connectivity index (χ1n) is 5.01. The Hall–Kier alpha value is -2.21. The molecule has 0 atom stereocenters. The van der Waals surface area contributed by atoms with E-state index in [4.69, 9.17) is 17.3 Å². The Balaban J connectivity index is 2.54. The van der Waals surface area contributed by atoms with E-state index < -0.39 is 5.97 Å². The molecule has 2 aromatic rings. The molecule has 0 spiro atoms. The van der Waals surface area contributed by atoms with Crippen LogP contribution in [0.1, 0.15) is 10.5 Å². The van der Waals surface area contributed by atoms with Gasteiger partial charge < -0.3 is 10.5 Å². The van der Waals surface area contributed by atoms with Crippen molar-refractivity contribution in [3.8, 4) is 5.82 Å². The summed E-state index contributed by atoms with van der Waals surface area (Å²) in [6, 6.07) is 5.25. The van der Waals surface area contributed by atoms with Gasteiger partial charge in [-0.3, -0.25) is 0 Å². The number of hydrogen-bond donors (Lipinski definition) is 1. The number of anilines is 1. The lowest BCUT2D eigenvalue weighted by atomic mass is 10.4. The minimum atomic E-state index is -0.644. The summed E-state index contributed by atoms with van der Waals surface area (Å²) in [5.41, 5.74) is 5.53. The van der Waals surface area contributed by atoms with E-state index in [1.54, 1.807) is 29.0 Å². The summed E-state index contributed by atoms with van der Waals surface area (Å²) in [4.78, 5) is 19.4. The number of methoxy groups -OCH3 is 1. The lowest BCUT2D eigenvalue weighted by molar-refractivity contribution is -0.597. The SMILES string of the molecule is COC(=O)c1nc(-[n+]2ccccc2Cl)cnc1N. The number of halogens is 1. The molecule has 0 aliphatic carbocycles. The van der Waals surface area contributed by atoms with Gasteiger partial charge >= 0.3 is 17.5 Å². The third kappa shape index (κ3) is 2.23. The zero-order valence-corrected chi connectivity index (χ0v) is 10.3. The molecule has 0 amide bonds. The van der Waals surface area contributed by atoms with E-state index in [1.165, 1.54) is 13.3 Å². The maximum Gasteiger partial charge on any atom is 0.386 e. The number of nitrogens with zero attached hydrogens (tertiary/aromatic N) is 3. The minimum absolute atomic E-state index is 0.0123. The molecule has 2 aromatic heterocycles. The van der Waals surface area contributed by atoms with Crippen molar-refractivity contribution in [2.45, 2.75) is 0 Å². The first kappa shape index (κ1) is 12.3. The molecule has 18 heavy (non-hydrogen) atoms. The molecule has 92 valence electrons. The van der Waals surface area contributed by atoms with Gasteiger partial charge in [-0.1, -0.05) is 6.07 Å². The molecule has 0 radical (unpaired) electrons. The fraction of sp³-hybridized carbons (Fsp3) is 0.0909. The molecular weight excluding hydrogens is 256 g/mol. The summed E-state index contributed by atoms with van der Waals surface area (Å²) in [5, 5.41) is 0.437. The molecule has 0 aromatic carbocycles. The molecule has 0 aliphatic heterocycles. The molecule has 6 nitrogen and oxygen atoms in total. The van der Waals surface area contributed by atoms with Gasteiger partial charge in [0.2, 0.25) is 0 Å². The van der Waals surface area contributed by atoms with Crippen LogP contribution in [0.15, 0.2) is 30.6 Å². The maximum atomic E-state index is 11.5. The monoisotopic (exact) mass is 265 g/mol. The highest BCUT2D eigenvalue weighted by Crippen LogP contribution is 2.09. The molecular formula is C11H10ClN4O2+. The van der Waals surface area contributed by atoms with Crippen molar-refractivity contribution in [3.05, 3.63) is 41.4 Å². The maximum absolute atomic E-state index is 11.5. The summed E-state index contributed by atoms with van der Waals surface area (Å²) in [5.74, 6) is -0.247. The predicted octanol–water partition coefficient (Wildman–Crippen LogP) is 0.775. The van der Waals surface area contributed by atoms with E-state index in [1.807, 2.05) is 0 Å². The number of ether oxygens (including phenoxy) is 1. The molecule has 0 saturated heterocycles. The van der Waals surface area contributed by atoms with Crippen LogP contribution in [-0.2, 0) is 4.74 Å². The Morgan fingerprint density at radius 1 is 1.50 bits per heavy atom. The zero-order chi connectivity index (χ0) is 13.1. The normalized spacial score (nSPS) is 10.1. The molecule has 2 rings (SSSR count). The number of nitrogens with two attached hydrogens (primary N) is 1. The number of esters is 1. The zero-order valence-electron chi connectivity index (χ0n) is 9.50. The quantitative estimate of drug-likeness (QED) is 0.493. The minimum Gasteiger partial charge on any atom is -0.463 e. The van der Waals surface area contributed by atoms with Crippen LogP contribution in [0.2, 0.25) is 5.15 Å². The average Bonchev–Trinajstić information content (AvgIpc) is 2.39. The molecule has 0 unspecified atom stereocenters. The van der Waals surface area contributed by atoms with E-state index in [-0.39, 0.29) is 11.5 Å². The van der Waals surface area contributed by atoms with Gasteiger partial charge in [0.15, 0.2) is 11.0 Å². The van der Waals surface area contributed by atoms with E-state index in [9.17, 15) is 4.79 Å². The van der Waals surface area contributed by atoms with Gasteiger partial charge in [-0.2, -0.15) is 4.57 Å². The fourth-order valence-corrected chi connectivity index (χ4v) is 1.58. The third-order valence-electron chi connectivity index (χ3n) is 2.22. The molecule has 2 N–H and O–H groups in total. The molecule has 0 fully saturated rings. The second kappa shape index (κ2) is 4.97.